The van der Waals surface area contributed by atoms with Crippen LogP contribution in [0.5, 0.6) is 11.5 Å². The van der Waals surface area contributed by atoms with Gasteiger partial charge in [0.15, 0.2) is 5.76 Å². The molecule has 0 atom stereocenters. The van der Waals surface area contributed by atoms with Gasteiger partial charge in [-0.3, -0.25) is 0 Å². The van der Waals surface area contributed by atoms with Crippen molar-refractivity contribution in [3.05, 3.63) is 77.2 Å². The number of aliphatic imine (C=N–C) groups is 1. The number of esters is 1. The molecule has 0 unspecified atom stereocenters. The monoisotopic (exact) mass is 349 g/mol. The van der Waals surface area contributed by atoms with Crippen molar-refractivity contribution >= 4 is 17.8 Å². The van der Waals surface area contributed by atoms with E-state index in [0.717, 1.165) is 11.3 Å². The van der Waals surface area contributed by atoms with Crippen molar-refractivity contribution in [2.75, 3.05) is 6.61 Å². The third-order valence-corrected chi connectivity index (χ3v) is 3.75. The summed E-state index contributed by atoms with van der Waals surface area (Å²) in [5, 5.41) is 10.3. The van der Waals surface area contributed by atoms with E-state index in [1.54, 1.807) is 19.9 Å². The largest absolute Gasteiger partial charge is 0.505 e. The molecule has 0 amide bonds. The van der Waals surface area contributed by atoms with Crippen molar-refractivity contribution in [1.29, 1.82) is 0 Å². The summed E-state index contributed by atoms with van der Waals surface area (Å²) in [7, 11) is 0. The molecule has 0 aromatic heterocycles. The maximum absolute atomic E-state index is 12.0. The molecule has 3 rings (SSSR count). The molecule has 0 saturated carbocycles. The van der Waals surface area contributed by atoms with Crippen LogP contribution >= 0.6 is 0 Å². The van der Waals surface area contributed by atoms with E-state index in [4.69, 9.17) is 9.47 Å². The number of nitrogens with zero attached hydrogens (tertiary/aromatic N) is 1. The second-order valence-corrected chi connectivity index (χ2v) is 5.66. The van der Waals surface area contributed by atoms with Gasteiger partial charge in [-0.2, -0.15) is 0 Å². The van der Waals surface area contributed by atoms with Gasteiger partial charge in [0.05, 0.1) is 12.3 Å². The van der Waals surface area contributed by atoms with E-state index < -0.39 is 5.97 Å². The van der Waals surface area contributed by atoms with Crippen molar-refractivity contribution in [3.63, 3.8) is 0 Å². The first kappa shape index (κ1) is 17.5. The number of carbonyl (C=O) groups excluding carboxylic acids is 1. The van der Waals surface area contributed by atoms with Crippen molar-refractivity contribution in [1.82, 2.24) is 0 Å². The molecule has 1 aliphatic heterocycles. The topological polar surface area (TPSA) is 68.1 Å². The molecular weight excluding hydrogens is 330 g/mol. The summed E-state index contributed by atoms with van der Waals surface area (Å²) in [4.78, 5) is 16.2. The van der Waals surface area contributed by atoms with E-state index >= 15 is 0 Å². The molecular formula is C21H19NO4. The molecule has 1 aliphatic rings. The van der Waals surface area contributed by atoms with Crippen LogP contribution in [0, 0.1) is 0 Å². The fraction of sp³-hybridized carbons (Fsp3) is 0.143. The average molecular weight is 349 g/mol. The molecule has 0 spiro atoms. The zero-order valence-corrected chi connectivity index (χ0v) is 14.6. The molecule has 2 aromatic carbocycles. The van der Waals surface area contributed by atoms with Crippen LogP contribution in [-0.2, 0) is 9.53 Å². The Hall–Kier alpha value is -3.34. The highest BCUT2D eigenvalue weighted by Crippen LogP contribution is 2.28. The van der Waals surface area contributed by atoms with Gasteiger partial charge in [0, 0.05) is 0 Å². The quantitative estimate of drug-likeness (QED) is 0.797. The standard InChI is InChI=1S/C21H19NO4/c1-3-25-21(24)19-14(2)22-18(20(19)23)13-15-8-7-11-17(12-15)26-16-9-5-4-6-10-16/h4-13,23H,3H2,1-2H3. The molecule has 0 radical (unpaired) electrons. The van der Waals surface area contributed by atoms with Crippen LogP contribution < -0.4 is 4.74 Å². The first-order valence-corrected chi connectivity index (χ1v) is 8.29. The highest BCUT2D eigenvalue weighted by Gasteiger charge is 2.27. The number of rotatable bonds is 5. The van der Waals surface area contributed by atoms with Gasteiger partial charge < -0.3 is 14.6 Å². The van der Waals surface area contributed by atoms with Crippen molar-refractivity contribution in [2.45, 2.75) is 13.8 Å². The summed E-state index contributed by atoms with van der Waals surface area (Å²) in [6.07, 6.45) is 1.70. The molecule has 0 saturated heterocycles. The van der Waals surface area contributed by atoms with Gasteiger partial charge >= 0.3 is 5.97 Å². The predicted molar refractivity (Wildman–Crippen MR) is 100 cm³/mol. The van der Waals surface area contributed by atoms with Crippen LogP contribution in [0.15, 0.2) is 76.6 Å². The first-order chi connectivity index (χ1) is 12.6. The number of para-hydroxylation sites is 1. The molecule has 26 heavy (non-hydrogen) atoms. The van der Waals surface area contributed by atoms with E-state index in [1.807, 2.05) is 54.6 Å². The van der Waals surface area contributed by atoms with E-state index in [9.17, 15) is 9.90 Å². The Labute approximate surface area is 151 Å². The highest BCUT2D eigenvalue weighted by molar-refractivity contribution is 6.22. The maximum atomic E-state index is 12.0. The number of hydrogen-bond donors (Lipinski definition) is 1. The van der Waals surface area contributed by atoms with Gasteiger partial charge in [0.1, 0.15) is 22.8 Å². The summed E-state index contributed by atoms with van der Waals surface area (Å²) < 4.78 is 10.8. The zero-order valence-electron chi connectivity index (χ0n) is 14.6. The van der Waals surface area contributed by atoms with Gasteiger partial charge in [-0.1, -0.05) is 30.3 Å². The van der Waals surface area contributed by atoms with Gasteiger partial charge in [0.25, 0.3) is 0 Å². The molecule has 0 bridgehead atoms. The van der Waals surface area contributed by atoms with E-state index in [0.29, 0.717) is 17.2 Å². The normalized spacial score (nSPS) is 15.2. The van der Waals surface area contributed by atoms with Gasteiger partial charge in [0.2, 0.25) is 0 Å². The Morgan fingerprint density at radius 1 is 1.12 bits per heavy atom. The fourth-order valence-electron chi connectivity index (χ4n) is 2.59. The second-order valence-electron chi connectivity index (χ2n) is 5.66. The lowest BCUT2D eigenvalue weighted by Crippen LogP contribution is -2.13. The highest BCUT2D eigenvalue weighted by atomic mass is 16.5. The lowest BCUT2D eigenvalue weighted by molar-refractivity contribution is -0.138. The van der Waals surface area contributed by atoms with Crippen molar-refractivity contribution in [3.8, 4) is 11.5 Å². The summed E-state index contributed by atoms with van der Waals surface area (Å²) in [6.45, 7) is 3.62. The number of carbonyl (C=O) groups is 1. The van der Waals surface area contributed by atoms with Crippen LogP contribution in [0.25, 0.3) is 6.08 Å². The summed E-state index contributed by atoms with van der Waals surface area (Å²) in [5.74, 6) is 0.656. The number of benzene rings is 2. The van der Waals surface area contributed by atoms with E-state index in [-0.39, 0.29) is 17.9 Å². The smallest absolute Gasteiger partial charge is 0.343 e. The zero-order chi connectivity index (χ0) is 18.5. The Morgan fingerprint density at radius 3 is 2.58 bits per heavy atom. The summed E-state index contributed by atoms with van der Waals surface area (Å²) in [6, 6.07) is 16.9. The lowest BCUT2D eigenvalue weighted by Gasteiger charge is -2.06. The minimum atomic E-state index is -0.573. The second kappa shape index (κ2) is 7.70. The Balaban J connectivity index is 1.86. The predicted octanol–water partition coefficient (Wildman–Crippen LogP) is 4.67. The van der Waals surface area contributed by atoms with Gasteiger partial charge in [-0.25, -0.2) is 9.79 Å². The van der Waals surface area contributed by atoms with Crippen LogP contribution in [0.1, 0.15) is 19.4 Å². The number of ether oxygens (including phenoxy) is 2. The van der Waals surface area contributed by atoms with E-state index in [2.05, 4.69) is 4.99 Å². The SMILES string of the molecule is CCOC(=O)C1=C(O)C(=Cc2cccc(Oc3ccccc3)c2)N=C1C. The number of aliphatic hydroxyl groups is 1. The molecule has 0 fully saturated rings. The number of aliphatic hydroxyl groups excluding tert-OH is 1. The van der Waals surface area contributed by atoms with Crippen LogP contribution in [-0.4, -0.2) is 23.4 Å². The molecule has 0 aliphatic carbocycles. The third-order valence-electron chi connectivity index (χ3n) is 3.75. The third kappa shape index (κ3) is 3.83. The molecule has 5 nitrogen and oxygen atoms in total. The van der Waals surface area contributed by atoms with Crippen LogP contribution in [0.2, 0.25) is 0 Å². The summed E-state index contributed by atoms with van der Waals surface area (Å²) >= 11 is 0. The summed E-state index contributed by atoms with van der Waals surface area (Å²) in [5.41, 5.74) is 1.66. The van der Waals surface area contributed by atoms with Gasteiger partial charge in [-0.05, 0) is 49.8 Å². The Kier molecular flexibility index (Phi) is 5.17. The fourth-order valence-corrected chi connectivity index (χ4v) is 2.59. The lowest BCUT2D eigenvalue weighted by atomic mass is 10.1. The molecule has 5 heteroatoms. The molecule has 2 aromatic rings. The first-order valence-electron chi connectivity index (χ1n) is 8.29. The van der Waals surface area contributed by atoms with Gasteiger partial charge in [-0.15, -0.1) is 0 Å². The van der Waals surface area contributed by atoms with Crippen molar-refractivity contribution < 1.29 is 19.4 Å². The molecule has 1 heterocycles. The van der Waals surface area contributed by atoms with E-state index in [1.165, 1.54) is 0 Å². The van der Waals surface area contributed by atoms with Crippen LogP contribution in [0.3, 0.4) is 0 Å². The number of hydrogen-bond acceptors (Lipinski definition) is 5. The minimum absolute atomic E-state index is 0.106. The maximum Gasteiger partial charge on any atom is 0.343 e. The molecule has 132 valence electrons. The molecule has 1 N–H and O–H groups in total. The van der Waals surface area contributed by atoms with Crippen molar-refractivity contribution in [2.24, 2.45) is 4.99 Å². The Morgan fingerprint density at radius 2 is 1.85 bits per heavy atom. The average Bonchev–Trinajstić information content (AvgIpc) is 2.90. The minimum Gasteiger partial charge on any atom is -0.505 e. The Bertz CT molecular complexity index is 911. The van der Waals surface area contributed by atoms with Crippen LogP contribution in [0.4, 0.5) is 0 Å².